The summed E-state index contributed by atoms with van der Waals surface area (Å²) in [5.74, 6) is 0.252. The number of hydrogen-bond donors (Lipinski definition) is 2. The van der Waals surface area contributed by atoms with Crippen molar-refractivity contribution in [2.75, 3.05) is 12.4 Å². The molecule has 2 aromatic carbocycles. The number of anilines is 1. The number of H-pyrrole nitrogens is 1. The van der Waals surface area contributed by atoms with Crippen LogP contribution in [0.1, 0.15) is 24.0 Å². The molecule has 2 aromatic heterocycles. The molecule has 0 bridgehead atoms. The Morgan fingerprint density at radius 1 is 1.16 bits per heavy atom. The molecule has 0 saturated carbocycles. The normalized spacial score (nSPS) is 10.9. The lowest BCUT2D eigenvalue weighted by atomic mass is 10.0. The van der Waals surface area contributed by atoms with Crippen LogP contribution in [-0.4, -0.2) is 23.0 Å². The highest BCUT2D eigenvalue weighted by Gasteiger charge is 2.15. The topological polar surface area (TPSA) is 67.0 Å². The molecule has 4 rings (SSSR count). The number of aromatic amines is 1. The molecule has 2 heterocycles. The second kappa shape index (κ2) is 9.00. The number of aryl methyl sites for hydroxylation is 2. The lowest BCUT2D eigenvalue weighted by Crippen LogP contribution is -2.12. The van der Waals surface area contributed by atoms with Crippen molar-refractivity contribution in [3.8, 4) is 17.1 Å². The van der Waals surface area contributed by atoms with Crippen molar-refractivity contribution >= 4 is 22.5 Å². The Bertz CT molecular complexity index is 1220. The smallest absolute Gasteiger partial charge is 0.224 e. The van der Waals surface area contributed by atoms with E-state index in [0.29, 0.717) is 30.7 Å². The molecule has 0 atom stereocenters. The van der Waals surface area contributed by atoms with Gasteiger partial charge in [0.25, 0.3) is 0 Å². The number of pyridine rings is 1. The largest absolute Gasteiger partial charge is 0.495 e. The maximum absolute atomic E-state index is 13.9. The number of nitrogens with one attached hydrogen (secondary N) is 2. The van der Waals surface area contributed by atoms with E-state index >= 15 is 0 Å². The maximum Gasteiger partial charge on any atom is 0.224 e. The summed E-state index contributed by atoms with van der Waals surface area (Å²) in [6.45, 7) is 1.96. The number of fused-ring (bicyclic) bond motifs is 1. The predicted octanol–water partition coefficient (Wildman–Crippen LogP) is 5.65. The van der Waals surface area contributed by atoms with Crippen LogP contribution in [0.2, 0.25) is 0 Å². The zero-order valence-electron chi connectivity index (χ0n) is 17.5. The third kappa shape index (κ3) is 4.58. The number of halogens is 1. The minimum absolute atomic E-state index is 0.0886. The summed E-state index contributed by atoms with van der Waals surface area (Å²) < 4.78 is 19.2. The molecule has 6 heteroatoms. The first-order valence-electron chi connectivity index (χ1n) is 10.2. The highest BCUT2D eigenvalue weighted by molar-refractivity contribution is 5.93. The SMILES string of the molecule is COc1ccc(C)cc1NC(=O)CCCc1c(-c2ccccn2)[nH]c2ccc(F)cc12. The van der Waals surface area contributed by atoms with Gasteiger partial charge in [-0.25, -0.2) is 4.39 Å². The van der Waals surface area contributed by atoms with Crippen LogP contribution in [0.3, 0.4) is 0 Å². The van der Waals surface area contributed by atoms with Crippen LogP contribution < -0.4 is 10.1 Å². The number of rotatable bonds is 7. The van der Waals surface area contributed by atoms with E-state index in [9.17, 15) is 9.18 Å². The van der Waals surface area contributed by atoms with E-state index in [4.69, 9.17) is 4.74 Å². The van der Waals surface area contributed by atoms with E-state index in [2.05, 4.69) is 15.3 Å². The molecule has 0 aliphatic carbocycles. The van der Waals surface area contributed by atoms with Crippen LogP contribution in [0.15, 0.2) is 60.8 Å². The number of carbonyl (C=O) groups is 1. The number of ether oxygens (including phenoxy) is 1. The Morgan fingerprint density at radius 2 is 2.03 bits per heavy atom. The van der Waals surface area contributed by atoms with Gasteiger partial charge in [-0.1, -0.05) is 12.1 Å². The molecule has 2 N–H and O–H groups in total. The van der Waals surface area contributed by atoms with Gasteiger partial charge in [0.2, 0.25) is 5.91 Å². The van der Waals surface area contributed by atoms with Crippen LogP contribution >= 0.6 is 0 Å². The number of methoxy groups -OCH3 is 1. The summed E-state index contributed by atoms with van der Waals surface area (Å²) in [4.78, 5) is 20.3. The fourth-order valence-electron chi connectivity index (χ4n) is 3.77. The zero-order valence-corrected chi connectivity index (χ0v) is 17.5. The first kappa shape index (κ1) is 20.6. The lowest BCUT2D eigenvalue weighted by Gasteiger charge is -2.11. The quantitative estimate of drug-likeness (QED) is 0.408. The monoisotopic (exact) mass is 417 g/mol. The summed E-state index contributed by atoms with van der Waals surface area (Å²) in [6, 6.07) is 16.1. The fraction of sp³-hybridized carbons (Fsp3) is 0.200. The van der Waals surface area contributed by atoms with Crippen LogP contribution in [0.25, 0.3) is 22.3 Å². The van der Waals surface area contributed by atoms with Crippen molar-refractivity contribution in [3.63, 3.8) is 0 Å². The number of amides is 1. The van der Waals surface area contributed by atoms with Crippen LogP contribution in [-0.2, 0) is 11.2 Å². The Morgan fingerprint density at radius 3 is 2.81 bits per heavy atom. The van der Waals surface area contributed by atoms with Crippen molar-refractivity contribution in [2.24, 2.45) is 0 Å². The van der Waals surface area contributed by atoms with Gasteiger partial charge in [0, 0.05) is 23.5 Å². The standard InChI is InChI=1S/C25H24FN3O2/c1-16-9-12-23(31-2)22(14-16)28-24(30)8-5-6-18-19-15-17(26)10-11-20(19)29-25(18)21-7-3-4-13-27-21/h3-4,7,9-15,29H,5-6,8H2,1-2H3,(H,28,30). The molecule has 0 spiro atoms. The Balaban J connectivity index is 1.52. The third-order valence-electron chi connectivity index (χ3n) is 5.25. The van der Waals surface area contributed by atoms with Gasteiger partial charge in [-0.15, -0.1) is 0 Å². The van der Waals surface area contributed by atoms with E-state index in [1.807, 2.05) is 43.3 Å². The third-order valence-corrected chi connectivity index (χ3v) is 5.25. The molecule has 0 radical (unpaired) electrons. The van der Waals surface area contributed by atoms with Crippen molar-refractivity contribution < 1.29 is 13.9 Å². The molecular weight excluding hydrogens is 393 g/mol. The van der Waals surface area contributed by atoms with Crippen LogP contribution in [0.4, 0.5) is 10.1 Å². The van der Waals surface area contributed by atoms with E-state index in [-0.39, 0.29) is 11.7 Å². The van der Waals surface area contributed by atoms with Gasteiger partial charge in [-0.2, -0.15) is 0 Å². The number of hydrogen-bond acceptors (Lipinski definition) is 3. The molecule has 31 heavy (non-hydrogen) atoms. The molecule has 5 nitrogen and oxygen atoms in total. The molecule has 4 aromatic rings. The molecule has 1 amide bonds. The van der Waals surface area contributed by atoms with Crippen molar-refractivity contribution in [3.05, 3.63) is 77.7 Å². The molecule has 0 fully saturated rings. The molecule has 0 aliphatic rings. The summed E-state index contributed by atoms with van der Waals surface area (Å²) in [6.07, 6.45) is 3.30. The summed E-state index contributed by atoms with van der Waals surface area (Å²) in [5.41, 5.74) is 5.18. The van der Waals surface area contributed by atoms with Gasteiger partial charge >= 0.3 is 0 Å². The van der Waals surface area contributed by atoms with Gasteiger partial charge in [-0.3, -0.25) is 9.78 Å². The first-order valence-corrected chi connectivity index (χ1v) is 10.2. The number of benzene rings is 2. The van der Waals surface area contributed by atoms with E-state index < -0.39 is 0 Å². The molecular formula is C25H24FN3O2. The van der Waals surface area contributed by atoms with Gasteiger partial charge in [0.1, 0.15) is 11.6 Å². The van der Waals surface area contributed by atoms with Crippen LogP contribution in [0, 0.1) is 12.7 Å². The predicted molar refractivity (Wildman–Crippen MR) is 121 cm³/mol. The van der Waals surface area contributed by atoms with Gasteiger partial charge in [0.05, 0.1) is 24.2 Å². The van der Waals surface area contributed by atoms with Crippen molar-refractivity contribution in [1.29, 1.82) is 0 Å². The number of nitrogens with zero attached hydrogens (tertiary/aromatic N) is 1. The van der Waals surface area contributed by atoms with Gasteiger partial charge in [-0.05, 0) is 73.4 Å². The van der Waals surface area contributed by atoms with E-state index in [1.54, 1.807) is 19.4 Å². The minimum atomic E-state index is -0.287. The summed E-state index contributed by atoms with van der Waals surface area (Å²) in [5, 5.41) is 3.75. The zero-order chi connectivity index (χ0) is 21.8. The number of aromatic nitrogens is 2. The average Bonchev–Trinajstić information content (AvgIpc) is 3.12. The van der Waals surface area contributed by atoms with Crippen molar-refractivity contribution in [2.45, 2.75) is 26.2 Å². The average molecular weight is 417 g/mol. The Hall–Kier alpha value is -3.67. The lowest BCUT2D eigenvalue weighted by molar-refractivity contribution is -0.116. The summed E-state index contributed by atoms with van der Waals surface area (Å²) in [7, 11) is 1.58. The Labute approximate surface area is 180 Å². The second-order valence-corrected chi connectivity index (χ2v) is 7.49. The van der Waals surface area contributed by atoms with Crippen LogP contribution in [0.5, 0.6) is 5.75 Å². The van der Waals surface area contributed by atoms with Crippen molar-refractivity contribution in [1.82, 2.24) is 9.97 Å². The Kier molecular flexibility index (Phi) is 5.98. The second-order valence-electron chi connectivity index (χ2n) is 7.49. The minimum Gasteiger partial charge on any atom is -0.495 e. The van der Waals surface area contributed by atoms with Gasteiger partial charge in [0.15, 0.2) is 0 Å². The molecule has 158 valence electrons. The van der Waals surface area contributed by atoms with E-state index in [0.717, 1.165) is 33.4 Å². The molecule has 0 unspecified atom stereocenters. The summed E-state index contributed by atoms with van der Waals surface area (Å²) >= 11 is 0. The highest BCUT2D eigenvalue weighted by Crippen LogP contribution is 2.31. The number of carbonyl (C=O) groups excluding carboxylic acids is 1. The molecule has 0 aliphatic heterocycles. The van der Waals surface area contributed by atoms with E-state index in [1.165, 1.54) is 12.1 Å². The van der Waals surface area contributed by atoms with Gasteiger partial charge < -0.3 is 15.0 Å². The fourth-order valence-corrected chi connectivity index (χ4v) is 3.77. The maximum atomic E-state index is 13.9. The highest BCUT2D eigenvalue weighted by atomic mass is 19.1. The molecule has 0 saturated heterocycles. The first-order chi connectivity index (χ1) is 15.0.